The second kappa shape index (κ2) is 10.8. The number of carbonyl (C=O) groups is 2. The molecule has 0 fully saturated rings. The molecule has 3 aromatic rings. The first kappa shape index (κ1) is 24.0. The molecule has 0 aliphatic heterocycles. The number of nitrogens with one attached hydrogen (secondary N) is 1. The third-order valence-electron chi connectivity index (χ3n) is 5.41. The van der Waals surface area contributed by atoms with Crippen molar-refractivity contribution in [3.63, 3.8) is 0 Å². The van der Waals surface area contributed by atoms with E-state index in [0.29, 0.717) is 22.3 Å². The number of hydrogen-bond donors (Lipinski definition) is 1. The molecule has 176 valence electrons. The molecule has 0 atom stereocenters. The van der Waals surface area contributed by atoms with Crippen molar-refractivity contribution in [1.29, 1.82) is 0 Å². The van der Waals surface area contributed by atoms with Crippen molar-refractivity contribution in [2.45, 2.75) is 64.1 Å². The lowest BCUT2D eigenvalue weighted by Crippen LogP contribution is -2.17. The van der Waals surface area contributed by atoms with Gasteiger partial charge in [-0.05, 0) is 63.5 Å². The Morgan fingerprint density at radius 2 is 2.06 bits per heavy atom. The number of aryl methyl sites for hydroxylation is 1. The molecule has 3 heterocycles. The zero-order chi connectivity index (χ0) is 23.4. The number of hydrogen-bond acceptors (Lipinski definition) is 8. The molecule has 3 aromatic heterocycles. The van der Waals surface area contributed by atoms with Crippen LogP contribution in [-0.2, 0) is 22.4 Å². The molecule has 1 amide bonds. The van der Waals surface area contributed by atoms with E-state index in [1.165, 1.54) is 28.0 Å². The van der Waals surface area contributed by atoms with Gasteiger partial charge in [-0.3, -0.25) is 9.36 Å². The molecule has 1 N–H and O–H groups in total. The van der Waals surface area contributed by atoms with Crippen LogP contribution in [0.15, 0.2) is 22.7 Å². The van der Waals surface area contributed by atoms with Crippen LogP contribution in [0.4, 0.5) is 5.00 Å². The van der Waals surface area contributed by atoms with E-state index >= 15 is 0 Å². The number of anilines is 1. The predicted molar refractivity (Wildman–Crippen MR) is 135 cm³/mol. The van der Waals surface area contributed by atoms with Crippen LogP contribution < -0.4 is 5.32 Å². The number of carbonyl (C=O) groups excluding carboxylic acids is 2. The fourth-order valence-corrected chi connectivity index (χ4v) is 6.82. The fraction of sp³-hybridized carbons (Fsp3) is 0.478. The van der Waals surface area contributed by atoms with Crippen LogP contribution in [0.25, 0.3) is 10.7 Å². The summed E-state index contributed by atoms with van der Waals surface area (Å²) in [6.45, 7) is 6.27. The van der Waals surface area contributed by atoms with E-state index in [4.69, 9.17) is 4.74 Å². The molecule has 0 aromatic carbocycles. The van der Waals surface area contributed by atoms with Gasteiger partial charge in [0.15, 0.2) is 11.0 Å². The van der Waals surface area contributed by atoms with Gasteiger partial charge in [0, 0.05) is 10.9 Å². The number of rotatable bonds is 8. The summed E-state index contributed by atoms with van der Waals surface area (Å²) >= 11 is 4.49. The van der Waals surface area contributed by atoms with Crippen LogP contribution in [0.5, 0.6) is 0 Å². The van der Waals surface area contributed by atoms with E-state index in [2.05, 4.69) is 33.9 Å². The zero-order valence-electron chi connectivity index (χ0n) is 19.1. The van der Waals surface area contributed by atoms with Gasteiger partial charge in [0.2, 0.25) is 5.91 Å². The van der Waals surface area contributed by atoms with E-state index in [1.54, 1.807) is 18.3 Å². The first-order valence-electron chi connectivity index (χ1n) is 11.2. The predicted octanol–water partition coefficient (Wildman–Crippen LogP) is 5.83. The molecule has 1 aliphatic carbocycles. The molecule has 33 heavy (non-hydrogen) atoms. The Morgan fingerprint density at radius 3 is 2.79 bits per heavy atom. The number of nitrogens with zero attached hydrogens (tertiary/aromatic N) is 3. The molecular formula is C23H28N4O3S3. The number of aromatic nitrogens is 3. The summed E-state index contributed by atoms with van der Waals surface area (Å²) in [5, 5.41) is 15.0. The summed E-state index contributed by atoms with van der Waals surface area (Å²) in [5.41, 5.74) is 1.60. The Bertz CT molecular complexity index is 1120. The van der Waals surface area contributed by atoms with Crippen molar-refractivity contribution in [3.05, 3.63) is 33.5 Å². The lowest BCUT2D eigenvalue weighted by atomic mass is 10.1. The van der Waals surface area contributed by atoms with Gasteiger partial charge in [-0.2, -0.15) is 0 Å². The highest BCUT2D eigenvalue weighted by atomic mass is 32.2. The Balaban J connectivity index is 1.50. The Morgan fingerprint density at radius 1 is 1.24 bits per heavy atom. The maximum Gasteiger partial charge on any atom is 0.341 e. The van der Waals surface area contributed by atoms with Gasteiger partial charge in [-0.25, -0.2) is 4.79 Å². The molecule has 4 rings (SSSR count). The quantitative estimate of drug-likeness (QED) is 0.236. The standard InChI is InChI=1S/C23H28N4O3S3/c1-4-30-22(29)19-15-9-6-5-7-10-16(15)33-21(19)24-18(28)13-32-23-26-25-20(27(23)14(2)3)17-11-8-12-31-17/h8,11-12,14H,4-7,9-10,13H2,1-3H3,(H,24,28). The van der Waals surface area contributed by atoms with E-state index < -0.39 is 0 Å². The summed E-state index contributed by atoms with van der Waals surface area (Å²) in [6, 6.07) is 4.17. The molecule has 7 nitrogen and oxygen atoms in total. The van der Waals surface area contributed by atoms with Crippen LogP contribution in [0, 0.1) is 0 Å². The van der Waals surface area contributed by atoms with Crippen LogP contribution >= 0.6 is 34.4 Å². The zero-order valence-corrected chi connectivity index (χ0v) is 21.5. The Labute approximate surface area is 206 Å². The number of thioether (sulfide) groups is 1. The number of amides is 1. The summed E-state index contributed by atoms with van der Waals surface area (Å²) in [7, 11) is 0. The van der Waals surface area contributed by atoms with Crippen molar-refractivity contribution in [2.24, 2.45) is 0 Å². The average Bonchev–Trinajstić information content (AvgIpc) is 3.48. The van der Waals surface area contributed by atoms with Crippen molar-refractivity contribution in [3.8, 4) is 10.7 Å². The van der Waals surface area contributed by atoms with E-state index in [9.17, 15) is 9.59 Å². The first-order chi connectivity index (χ1) is 16.0. The number of ether oxygens (including phenoxy) is 1. The largest absolute Gasteiger partial charge is 0.462 e. The number of esters is 1. The normalized spacial score (nSPS) is 13.6. The Kier molecular flexibility index (Phi) is 7.87. The monoisotopic (exact) mass is 504 g/mol. The average molecular weight is 505 g/mol. The Hall–Kier alpha value is -2.17. The van der Waals surface area contributed by atoms with Crippen molar-refractivity contribution in [1.82, 2.24) is 14.8 Å². The lowest BCUT2D eigenvalue weighted by molar-refractivity contribution is -0.113. The first-order valence-corrected chi connectivity index (χ1v) is 13.9. The highest BCUT2D eigenvalue weighted by Gasteiger charge is 2.27. The van der Waals surface area contributed by atoms with Crippen LogP contribution in [-0.4, -0.2) is 39.0 Å². The topological polar surface area (TPSA) is 86.1 Å². The molecule has 0 spiro atoms. The SMILES string of the molecule is CCOC(=O)c1c(NC(=O)CSc2nnc(-c3cccs3)n2C(C)C)sc2c1CCCCC2. The summed E-state index contributed by atoms with van der Waals surface area (Å²) in [4.78, 5) is 27.8. The fourth-order valence-electron chi connectivity index (χ4n) is 3.96. The molecule has 0 bridgehead atoms. The molecule has 0 radical (unpaired) electrons. The van der Waals surface area contributed by atoms with Crippen molar-refractivity contribution < 1.29 is 14.3 Å². The van der Waals surface area contributed by atoms with E-state index in [1.807, 2.05) is 17.5 Å². The number of thiophene rings is 2. The summed E-state index contributed by atoms with van der Waals surface area (Å²) in [5.74, 6) is 0.479. The third kappa shape index (κ3) is 5.33. The van der Waals surface area contributed by atoms with E-state index in [0.717, 1.165) is 48.4 Å². The lowest BCUT2D eigenvalue weighted by Gasteiger charge is -2.13. The highest BCUT2D eigenvalue weighted by Crippen LogP contribution is 2.38. The highest BCUT2D eigenvalue weighted by molar-refractivity contribution is 7.99. The van der Waals surface area contributed by atoms with Crippen LogP contribution in [0.2, 0.25) is 0 Å². The third-order valence-corrected chi connectivity index (χ3v) is 8.42. The van der Waals surface area contributed by atoms with Gasteiger partial charge in [0.05, 0.1) is 22.8 Å². The second-order valence-electron chi connectivity index (χ2n) is 8.07. The van der Waals surface area contributed by atoms with Crippen LogP contribution in [0.1, 0.15) is 66.9 Å². The number of fused-ring (bicyclic) bond motifs is 1. The van der Waals surface area contributed by atoms with Gasteiger partial charge in [-0.15, -0.1) is 32.9 Å². The summed E-state index contributed by atoms with van der Waals surface area (Å²) < 4.78 is 7.37. The van der Waals surface area contributed by atoms with Gasteiger partial charge in [0.1, 0.15) is 5.00 Å². The van der Waals surface area contributed by atoms with Gasteiger partial charge < -0.3 is 10.1 Å². The van der Waals surface area contributed by atoms with Crippen LogP contribution in [0.3, 0.4) is 0 Å². The van der Waals surface area contributed by atoms with Gasteiger partial charge >= 0.3 is 5.97 Å². The molecule has 10 heteroatoms. The maximum absolute atomic E-state index is 12.9. The maximum atomic E-state index is 12.9. The minimum atomic E-state index is -0.347. The summed E-state index contributed by atoms with van der Waals surface area (Å²) in [6.07, 6.45) is 5.12. The smallest absolute Gasteiger partial charge is 0.341 e. The minimum absolute atomic E-state index is 0.158. The molecule has 0 saturated heterocycles. The van der Waals surface area contributed by atoms with Gasteiger partial charge in [-0.1, -0.05) is 24.2 Å². The molecule has 0 unspecified atom stereocenters. The molecular weight excluding hydrogens is 476 g/mol. The van der Waals surface area contributed by atoms with Crippen molar-refractivity contribution >= 4 is 51.3 Å². The second-order valence-corrected chi connectivity index (χ2v) is 11.1. The van der Waals surface area contributed by atoms with E-state index in [-0.39, 0.29) is 23.7 Å². The minimum Gasteiger partial charge on any atom is -0.462 e. The molecule has 0 saturated carbocycles. The van der Waals surface area contributed by atoms with Gasteiger partial charge in [0.25, 0.3) is 0 Å². The van der Waals surface area contributed by atoms with Crippen molar-refractivity contribution in [2.75, 3.05) is 17.7 Å². The molecule has 1 aliphatic rings.